The topological polar surface area (TPSA) is 66.9 Å². The van der Waals surface area contributed by atoms with Gasteiger partial charge in [-0.1, -0.05) is 15.9 Å². The number of carbonyl (C=O) groups excluding carboxylic acids is 3. The fourth-order valence-corrected chi connectivity index (χ4v) is 4.09. The highest BCUT2D eigenvalue weighted by molar-refractivity contribution is 9.10. The molecule has 9 heteroatoms. The molecule has 0 bridgehead atoms. The van der Waals surface area contributed by atoms with Gasteiger partial charge in [0.05, 0.1) is 5.56 Å². The first-order valence-electron chi connectivity index (χ1n) is 9.36. The summed E-state index contributed by atoms with van der Waals surface area (Å²) in [4.78, 5) is 40.7. The van der Waals surface area contributed by atoms with Gasteiger partial charge < -0.3 is 14.5 Å². The molecule has 30 heavy (non-hydrogen) atoms. The molecule has 1 unspecified atom stereocenters. The standard InChI is InChI=1S/C21H17BrF2N2O4/c22-13-9-16-15(17(24)10-13)11-18(30-21(16)29)20(28)26-7-5-25(6-8-26)19(27)12-1-3-14(23)4-2-12/h1-4,9-10,18H,5-8,11H2. The van der Waals surface area contributed by atoms with Crippen molar-refractivity contribution in [3.8, 4) is 0 Å². The molecule has 2 heterocycles. The Morgan fingerprint density at radius 2 is 1.63 bits per heavy atom. The fourth-order valence-electron chi connectivity index (χ4n) is 3.66. The predicted molar refractivity (Wildman–Crippen MR) is 106 cm³/mol. The second-order valence-electron chi connectivity index (χ2n) is 7.14. The number of rotatable bonds is 2. The van der Waals surface area contributed by atoms with Gasteiger partial charge in [-0.2, -0.15) is 0 Å². The second-order valence-corrected chi connectivity index (χ2v) is 8.05. The summed E-state index contributed by atoms with van der Waals surface area (Å²) in [6.45, 7) is 1.10. The maximum Gasteiger partial charge on any atom is 0.339 e. The number of carbonyl (C=O) groups is 3. The number of halogens is 3. The van der Waals surface area contributed by atoms with E-state index in [0.717, 1.165) is 0 Å². The van der Waals surface area contributed by atoms with Crippen molar-refractivity contribution in [1.29, 1.82) is 0 Å². The molecular weight excluding hydrogens is 462 g/mol. The maximum absolute atomic E-state index is 14.3. The molecule has 1 saturated heterocycles. The van der Waals surface area contributed by atoms with E-state index >= 15 is 0 Å². The Morgan fingerprint density at radius 3 is 2.30 bits per heavy atom. The fraction of sp³-hybridized carbons (Fsp3) is 0.286. The molecule has 0 saturated carbocycles. The van der Waals surface area contributed by atoms with Crippen LogP contribution in [0.25, 0.3) is 0 Å². The quantitative estimate of drug-likeness (QED) is 0.622. The van der Waals surface area contributed by atoms with E-state index in [1.165, 1.54) is 41.3 Å². The van der Waals surface area contributed by atoms with Crippen molar-refractivity contribution in [3.63, 3.8) is 0 Å². The van der Waals surface area contributed by atoms with Gasteiger partial charge >= 0.3 is 5.97 Å². The molecule has 2 aliphatic rings. The average Bonchev–Trinajstić information content (AvgIpc) is 2.74. The number of ether oxygens (including phenoxy) is 1. The number of esters is 1. The van der Waals surface area contributed by atoms with E-state index in [9.17, 15) is 23.2 Å². The van der Waals surface area contributed by atoms with Gasteiger partial charge in [0.15, 0.2) is 6.10 Å². The lowest BCUT2D eigenvalue weighted by Crippen LogP contribution is -2.54. The van der Waals surface area contributed by atoms with Crippen LogP contribution in [0.4, 0.5) is 8.78 Å². The van der Waals surface area contributed by atoms with Gasteiger partial charge in [0.2, 0.25) is 0 Å². The number of benzene rings is 2. The van der Waals surface area contributed by atoms with Gasteiger partial charge in [0, 0.05) is 48.2 Å². The average molecular weight is 479 g/mol. The van der Waals surface area contributed by atoms with Crippen molar-refractivity contribution in [3.05, 3.63) is 69.2 Å². The third-order valence-electron chi connectivity index (χ3n) is 5.26. The van der Waals surface area contributed by atoms with Gasteiger partial charge in [0.25, 0.3) is 11.8 Å². The molecule has 6 nitrogen and oxygen atoms in total. The first-order chi connectivity index (χ1) is 14.3. The van der Waals surface area contributed by atoms with E-state index in [1.807, 2.05) is 0 Å². The number of nitrogens with zero attached hydrogens (tertiary/aromatic N) is 2. The number of cyclic esters (lactones) is 1. The molecule has 1 fully saturated rings. The zero-order chi connectivity index (χ0) is 21.4. The van der Waals surface area contributed by atoms with E-state index < -0.39 is 29.6 Å². The van der Waals surface area contributed by atoms with Gasteiger partial charge in [-0.25, -0.2) is 13.6 Å². The summed E-state index contributed by atoms with van der Waals surface area (Å²) in [5.41, 5.74) is 0.647. The number of amides is 2. The summed E-state index contributed by atoms with van der Waals surface area (Å²) in [5.74, 6) is -2.38. The van der Waals surface area contributed by atoms with Gasteiger partial charge in [-0.15, -0.1) is 0 Å². The third kappa shape index (κ3) is 3.94. The Morgan fingerprint density at radius 1 is 1.00 bits per heavy atom. The van der Waals surface area contributed by atoms with E-state index in [2.05, 4.69) is 15.9 Å². The van der Waals surface area contributed by atoms with Crippen LogP contribution in [-0.4, -0.2) is 59.9 Å². The zero-order valence-electron chi connectivity index (χ0n) is 15.7. The summed E-state index contributed by atoms with van der Waals surface area (Å²) in [7, 11) is 0. The summed E-state index contributed by atoms with van der Waals surface area (Å²) in [6, 6.07) is 8.00. The van der Waals surface area contributed by atoms with Gasteiger partial charge in [0.1, 0.15) is 11.6 Å². The molecule has 0 spiro atoms. The van der Waals surface area contributed by atoms with Crippen LogP contribution in [0.5, 0.6) is 0 Å². The summed E-state index contributed by atoms with van der Waals surface area (Å²) < 4.78 is 33.0. The van der Waals surface area contributed by atoms with Crippen LogP contribution in [-0.2, 0) is 16.0 Å². The molecule has 0 aromatic heterocycles. The molecule has 4 rings (SSSR count). The number of hydrogen-bond donors (Lipinski definition) is 0. The van der Waals surface area contributed by atoms with Crippen LogP contribution in [0.2, 0.25) is 0 Å². The first-order valence-corrected chi connectivity index (χ1v) is 10.2. The van der Waals surface area contributed by atoms with E-state index in [4.69, 9.17) is 4.74 Å². The molecule has 2 aromatic rings. The minimum Gasteiger partial charge on any atom is -0.448 e. The second kappa shape index (κ2) is 8.14. The predicted octanol–water partition coefficient (Wildman–Crippen LogP) is 2.79. The highest BCUT2D eigenvalue weighted by atomic mass is 79.9. The maximum atomic E-state index is 14.3. The van der Waals surface area contributed by atoms with Crippen LogP contribution >= 0.6 is 15.9 Å². The lowest BCUT2D eigenvalue weighted by molar-refractivity contribution is -0.142. The lowest BCUT2D eigenvalue weighted by atomic mass is 9.97. The zero-order valence-corrected chi connectivity index (χ0v) is 17.3. The molecule has 1 atom stereocenters. The summed E-state index contributed by atoms with van der Waals surface area (Å²) in [6.07, 6.45) is -1.13. The Balaban J connectivity index is 1.40. The van der Waals surface area contributed by atoms with Crippen LogP contribution in [0, 0.1) is 11.6 Å². The van der Waals surface area contributed by atoms with Crippen molar-refractivity contribution in [1.82, 2.24) is 9.80 Å². The van der Waals surface area contributed by atoms with Crippen LogP contribution in [0.15, 0.2) is 40.9 Å². The van der Waals surface area contributed by atoms with E-state index in [-0.39, 0.29) is 36.5 Å². The van der Waals surface area contributed by atoms with Crippen molar-refractivity contribution in [2.45, 2.75) is 12.5 Å². The van der Waals surface area contributed by atoms with Crippen molar-refractivity contribution in [2.24, 2.45) is 0 Å². The van der Waals surface area contributed by atoms with E-state index in [1.54, 1.807) is 4.90 Å². The summed E-state index contributed by atoms with van der Waals surface area (Å²) >= 11 is 3.14. The SMILES string of the molecule is O=C1OC(C(=O)N2CCN(C(=O)c3ccc(F)cc3)CC2)Cc2c(F)cc(Br)cc21. The highest BCUT2D eigenvalue weighted by Gasteiger charge is 2.37. The monoisotopic (exact) mass is 478 g/mol. The van der Waals surface area contributed by atoms with Gasteiger partial charge in [-0.05, 0) is 36.4 Å². The molecule has 156 valence electrons. The van der Waals surface area contributed by atoms with Crippen molar-refractivity contribution in [2.75, 3.05) is 26.2 Å². The molecule has 2 aliphatic heterocycles. The Labute approximate surface area is 179 Å². The Hall–Kier alpha value is -2.81. The first kappa shape index (κ1) is 20.5. The Kier molecular flexibility index (Phi) is 5.55. The molecule has 2 amide bonds. The molecular formula is C21H17BrF2N2O4. The molecule has 0 aliphatic carbocycles. The number of hydrogen-bond acceptors (Lipinski definition) is 4. The van der Waals surface area contributed by atoms with Crippen LogP contribution < -0.4 is 0 Å². The minimum atomic E-state index is -1.10. The highest BCUT2D eigenvalue weighted by Crippen LogP contribution is 2.28. The number of fused-ring (bicyclic) bond motifs is 1. The Bertz CT molecular complexity index is 1020. The molecule has 0 N–H and O–H groups in total. The van der Waals surface area contributed by atoms with Gasteiger partial charge in [-0.3, -0.25) is 9.59 Å². The van der Waals surface area contributed by atoms with Crippen LogP contribution in [0.3, 0.4) is 0 Å². The summed E-state index contributed by atoms with van der Waals surface area (Å²) in [5, 5.41) is 0. The number of piperazine rings is 1. The van der Waals surface area contributed by atoms with Crippen molar-refractivity contribution < 1.29 is 27.9 Å². The molecule has 0 radical (unpaired) electrons. The van der Waals surface area contributed by atoms with Crippen LogP contribution in [0.1, 0.15) is 26.3 Å². The van der Waals surface area contributed by atoms with Crippen molar-refractivity contribution >= 4 is 33.7 Å². The smallest absolute Gasteiger partial charge is 0.339 e. The molecule has 2 aromatic carbocycles. The third-order valence-corrected chi connectivity index (χ3v) is 5.72. The largest absolute Gasteiger partial charge is 0.448 e. The lowest BCUT2D eigenvalue weighted by Gasteiger charge is -2.37. The minimum absolute atomic E-state index is 0.0340. The van der Waals surface area contributed by atoms with E-state index in [0.29, 0.717) is 23.1 Å². The normalized spacial score (nSPS) is 18.6.